The lowest BCUT2D eigenvalue weighted by molar-refractivity contribution is -0.319. The molecule has 3 saturated heterocycles. The molecule has 0 unspecified atom stereocenters. The van der Waals surface area contributed by atoms with Gasteiger partial charge in [0.05, 0.1) is 47.6 Å². The van der Waals surface area contributed by atoms with Gasteiger partial charge in [0.15, 0.2) is 12.6 Å². The van der Waals surface area contributed by atoms with E-state index in [9.17, 15) is 35.1 Å². The predicted octanol–water partition coefficient (Wildman–Crippen LogP) is 1.93. The lowest BCUT2D eigenvalue weighted by Crippen LogP contribution is -2.61. The Morgan fingerprint density at radius 3 is 2.12 bits per heavy atom. The molecule has 5 N–H and O–H groups in total. The van der Waals surface area contributed by atoms with E-state index in [4.69, 9.17) is 28.4 Å². The van der Waals surface area contributed by atoms with Gasteiger partial charge in [-0.3, -0.25) is 9.59 Å². The van der Waals surface area contributed by atoms with Crippen molar-refractivity contribution in [2.75, 3.05) is 21.2 Å². The van der Waals surface area contributed by atoms with Crippen LogP contribution in [-0.2, 0) is 38.0 Å². The van der Waals surface area contributed by atoms with E-state index in [0.29, 0.717) is 6.42 Å². The van der Waals surface area contributed by atoms with E-state index in [1.54, 1.807) is 48.5 Å². The van der Waals surface area contributed by atoms with Crippen LogP contribution in [0.1, 0.15) is 101 Å². The summed E-state index contributed by atoms with van der Waals surface area (Å²) < 4.78 is 37.2. The molecule has 51 heavy (non-hydrogen) atoms. The van der Waals surface area contributed by atoms with Crippen molar-refractivity contribution in [3.05, 3.63) is 0 Å². The van der Waals surface area contributed by atoms with Crippen LogP contribution >= 0.6 is 0 Å². The van der Waals surface area contributed by atoms with E-state index in [0.717, 1.165) is 0 Å². The topological polar surface area (TPSA) is 194 Å². The lowest BCUT2D eigenvalue weighted by atomic mass is 9.74. The first-order valence-corrected chi connectivity index (χ1v) is 18.6. The van der Waals surface area contributed by atoms with Gasteiger partial charge in [-0.2, -0.15) is 0 Å². The first-order chi connectivity index (χ1) is 23.6. The normalized spacial score (nSPS) is 48.3. The molecule has 3 aliphatic heterocycles. The highest BCUT2D eigenvalue weighted by Gasteiger charge is 2.53. The number of aliphatic hydroxyl groups excluding tert-OH is 3. The van der Waals surface area contributed by atoms with E-state index in [-0.39, 0.29) is 37.8 Å². The zero-order chi connectivity index (χ0) is 38.8. The van der Waals surface area contributed by atoms with Crippen molar-refractivity contribution in [3.63, 3.8) is 0 Å². The summed E-state index contributed by atoms with van der Waals surface area (Å²) in [5.74, 6) is -3.84. The number of hydrogen-bond acceptors (Lipinski definition) is 14. The molecule has 0 bridgehead atoms. The summed E-state index contributed by atoms with van der Waals surface area (Å²) in [5, 5.41) is 57.5. The summed E-state index contributed by atoms with van der Waals surface area (Å²) in [6, 6.07) is -0.320. The molecule has 14 nitrogen and oxygen atoms in total. The number of methoxy groups -OCH3 is 1. The minimum Gasteiger partial charge on any atom is -0.459 e. The van der Waals surface area contributed by atoms with Gasteiger partial charge < -0.3 is 58.9 Å². The van der Waals surface area contributed by atoms with Gasteiger partial charge in [-0.05, 0) is 74.4 Å². The third-order valence-electron chi connectivity index (χ3n) is 11.9. The number of carbonyl (C=O) groups excluding carboxylic acids is 2. The number of ether oxygens (including phenoxy) is 6. The fourth-order valence-electron chi connectivity index (χ4n) is 8.09. The van der Waals surface area contributed by atoms with Crippen LogP contribution in [0.5, 0.6) is 0 Å². The van der Waals surface area contributed by atoms with Gasteiger partial charge in [-0.15, -0.1) is 0 Å². The number of Topliss-reactive ketones (excluding diaryl/α,β-unsaturated/α-hetero) is 1. The number of carbonyl (C=O) groups is 2. The third kappa shape index (κ3) is 9.69. The molecule has 3 fully saturated rings. The molecule has 3 aliphatic rings. The molecule has 0 aromatic carbocycles. The number of esters is 1. The Bertz CT molecular complexity index is 1160. The average molecular weight is 734 g/mol. The van der Waals surface area contributed by atoms with E-state index < -0.39 is 108 Å². The van der Waals surface area contributed by atoms with Crippen molar-refractivity contribution in [2.24, 2.45) is 17.8 Å². The molecular formula is C37H67NO13. The molecule has 0 aliphatic carbocycles. The van der Waals surface area contributed by atoms with Crippen molar-refractivity contribution in [2.45, 2.75) is 185 Å². The largest absolute Gasteiger partial charge is 0.459 e. The second-order valence-corrected chi connectivity index (χ2v) is 16.1. The maximum Gasteiger partial charge on any atom is 0.311 e. The molecule has 0 amide bonds. The van der Waals surface area contributed by atoms with Gasteiger partial charge in [0.25, 0.3) is 0 Å². The fraction of sp³-hybridized carbons (Fsp3) is 0.946. The van der Waals surface area contributed by atoms with Gasteiger partial charge >= 0.3 is 5.97 Å². The summed E-state index contributed by atoms with van der Waals surface area (Å²) in [6.45, 7) is 15.1. The number of ketones is 1. The third-order valence-corrected chi connectivity index (χ3v) is 11.9. The monoisotopic (exact) mass is 733 g/mol. The summed E-state index contributed by atoms with van der Waals surface area (Å²) in [6.07, 6.45) is -9.89. The van der Waals surface area contributed by atoms with Crippen molar-refractivity contribution >= 4 is 11.8 Å². The zero-order valence-electron chi connectivity index (χ0n) is 32.8. The molecule has 3 rings (SSSR count). The number of hydrogen-bond donors (Lipinski definition) is 5. The van der Waals surface area contributed by atoms with Gasteiger partial charge in [-0.1, -0.05) is 27.7 Å². The van der Waals surface area contributed by atoms with Gasteiger partial charge in [0.2, 0.25) is 0 Å². The number of likely N-dealkylation sites (N-methyl/N-ethyl adjacent to an activating group) is 1. The predicted molar refractivity (Wildman–Crippen MR) is 186 cm³/mol. The Morgan fingerprint density at radius 1 is 0.941 bits per heavy atom. The maximum absolute atomic E-state index is 14.1. The van der Waals surface area contributed by atoms with E-state index >= 15 is 0 Å². The standard InChI is InChI=1S/C37H67NO13/c1-13-27-36(9,44)26(40)16-25(39)19(3)17-37(45,14-2)32(51-34-29(41)24(38(10)11)15-20(4)47-34)21(5)30(22(6)33(43)49-27)50-28-18-35(8,46-12)31(42)23(7)48-28/h19-24,26-32,34,40-42,44-45H,13-18H2,1-12H3/t19-,20-,21+,22-,23+,24+,26-,27-,28+,29-,30+,31+,32-,34+,35-,36+,37-/m1/s1. The quantitative estimate of drug-likeness (QED) is 0.227. The number of aliphatic hydroxyl groups is 5. The van der Waals surface area contributed by atoms with Crippen LogP contribution < -0.4 is 0 Å². The van der Waals surface area contributed by atoms with Crippen LogP contribution in [0.3, 0.4) is 0 Å². The summed E-state index contributed by atoms with van der Waals surface area (Å²) in [5.41, 5.74) is -4.75. The van der Waals surface area contributed by atoms with E-state index in [1.165, 1.54) is 14.0 Å². The minimum absolute atomic E-state index is 0.0973. The average Bonchev–Trinajstić information content (AvgIpc) is 3.06. The Hall–Kier alpha value is -1.30. The first-order valence-electron chi connectivity index (χ1n) is 18.6. The summed E-state index contributed by atoms with van der Waals surface area (Å²) in [4.78, 5) is 29.5. The molecule has 0 spiro atoms. The molecule has 0 aromatic heterocycles. The van der Waals surface area contributed by atoms with Crippen LogP contribution in [-0.4, -0.2) is 148 Å². The zero-order valence-corrected chi connectivity index (χ0v) is 32.8. The second-order valence-electron chi connectivity index (χ2n) is 16.1. The highest BCUT2D eigenvalue weighted by atomic mass is 16.7. The Kier molecular flexibility index (Phi) is 15.1. The van der Waals surface area contributed by atoms with Gasteiger partial charge in [0.1, 0.15) is 29.7 Å². The molecule has 0 aromatic rings. The first kappa shape index (κ1) is 44.1. The molecule has 298 valence electrons. The lowest BCUT2D eigenvalue weighted by Gasteiger charge is -2.49. The highest BCUT2D eigenvalue weighted by Crippen LogP contribution is 2.41. The van der Waals surface area contributed by atoms with Crippen LogP contribution in [0.2, 0.25) is 0 Å². The SMILES string of the molecule is CC[C@H]1OC(=O)[C@H](C)[C@@H](O[C@H]2C[C@@](C)(OC)[C@@H](O)[C@H](C)O2)[C@H](C)[C@@H](O[C@@H]2O[C@H](C)C[C@H](N(C)C)[C@H]2O)[C@@](O)(CC)C[C@@H](C)C(=O)C[C@@H](O)[C@]1(C)O. The van der Waals surface area contributed by atoms with E-state index in [2.05, 4.69) is 0 Å². The molecule has 3 heterocycles. The summed E-state index contributed by atoms with van der Waals surface area (Å²) in [7, 11) is 5.19. The molecule has 14 heteroatoms. The van der Waals surface area contributed by atoms with Crippen molar-refractivity contribution < 1.29 is 63.5 Å². The maximum atomic E-state index is 14.1. The number of nitrogens with zero attached hydrogens (tertiary/aromatic N) is 1. The Labute approximate surface area is 304 Å². The Morgan fingerprint density at radius 2 is 1.57 bits per heavy atom. The Balaban J connectivity index is 2.19. The van der Waals surface area contributed by atoms with E-state index in [1.807, 2.05) is 25.9 Å². The van der Waals surface area contributed by atoms with Crippen LogP contribution in [0, 0.1) is 17.8 Å². The molecule has 17 atom stereocenters. The molecule has 0 radical (unpaired) electrons. The van der Waals surface area contributed by atoms with Crippen molar-refractivity contribution in [1.29, 1.82) is 0 Å². The smallest absolute Gasteiger partial charge is 0.311 e. The number of cyclic esters (lactones) is 1. The van der Waals surface area contributed by atoms with Gasteiger partial charge in [-0.25, -0.2) is 0 Å². The van der Waals surface area contributed by atoms with Crippen molar-refractivity contribution in [3.8, 4) is 0 Å². The highest BCUT2D eigenvalue weighted by molar-refractivity contribution is 5.81. The number of rotatable bonds is 8. The molecular weight excluding hydrogens is 666 g/mol. The van der Waals surface area contributed by atoms with Crippen molar-refractivity contribution in [1.82, 2.24) is 4.90 Å². The van der Waals surface area contributed by atoms with Crippen LogP contribution in [0.25, 0.3) is 0 Å². The second kappa shape index (κ2) is 17.4. The van der Waals surface area contributed by atoms with Gasteiger partial charge in [0, 0.05) is 37.8 Å². The molecule has 0 saturated carbocycles. The summed E-state index contributed by atoms with van der Waals surface area (Å²) >= 11 is 0. The minimum atomic E-state index is -1.97. The van der Waals surface area contributed by atoms with Crippen LogP contribution in [0.15, 0.2) is 0 Å². The fourth-order valence-corrected chi connectivity index (χ4v) is 8.09. The van der Waals surface area contributed by atoms with Crippen LogP contribution in [0.4, 0.5) is 0 Å².